The third-order valence-electron chi connectivity index (χ3n) is 3.02. The summed E-state index contributed by atoms with van der Waals surface area (Å²) >= 11 is 0. The number of fused-ring (bicyclic) bond motifs is 1. The zero-order valence-electron chi connectivity index (χ0n) is 10.2. The summed E-state index contributed by atoms with van der Waals surface area (Å²) in [5.41, 5.74) is 3.49. The number of rotatable bonds is 2. The molecule has 1 aliphatic rings. The Labute approximate surface area is 97.7 Å². The molecule has 1 aromatic rings. The van der Waals surface area contributed by atoms with Gasteiger partial charge in [-0.25, -0.2) is 0 Å². The van der Waals surface area contributed by atoms with E-state index in [2.05, 4.69) is 23.5 Å². The minimum Gasteiger partial charge on any atom is -0.390 e. The van der Waals surface area contributed by atoms with Crippen LogP contribution in [-0.2, 0) is 19.4 Å². The minimum atomic E-state index is -0.614. The average molecular weight is 219 g/mol. The second kappa shape index (κ2) is 4.56. The van der Waals surface area contributed by atoms with E-state index in [0.29, 0.717) is 0 Å². The predicted octanol–water partition coefficient (Wildman–Crippen LogP) is 2.04. The summed E-state index contributed by atoms with van der Waals surface area (Å²) in [6.45, 7) is 5.81. The van der Waals surface area contributed by atoms with E-state index >= 15 is 0 Å². The molecule has 1 heterocycles. The van der Waals surface area contributed by atoms with Crippen LogP contribution in [-0.4, -0.2) is 17.3 Å². The van der Waals surface area contributed by atoms with E-state index in [1.165, 1.54) is 23.1 Å². The van der Waals surface area contributed by atoms with Crippen molar-refractivity contribution in [3.8, 4) is 0 Å². The van der Waals surface area contributed by atoms with Gasteiger partial charge in [0.1, 0.15) is 0 Å². The Kier molecular flexibility index (Phi) is 3.31. The Balaban J connectivity index is 2.21. The summed E-state index contributed by atoms with van der Waals surface area (Å²) in [5.74, 6) is 0. The molecule has 2 rings (SSSR count). The van der Waals surface area contributed by atoms with Crippen molar-refractivity contribution in [1.29, 1.82) is 0 Å². The molecule has 0 bridgehead atoms. The molecular formula is C14H21NO. The van der Waals surface area contributed by atoms with Crippen molar-refractivity contribution >= 4 is 0 Å². The number of nitrogens with one attached hydrogen (secondary N) is 1. The fourth-order valence-corrected chi connectivity index (χ4v) is 2.32. The molecule has 0 amide bonds. The standard InChI is InChI=1S/C14H21NO/c1-14(2,16)9-11-5-6-13-10-15-7-3-4-12(13)8-11/h5-6,8,15-16H,3-4,7,9-10H2,1-2H3. The summed E-state index contributed by atoms with van der Waals surface area (Å²) in [5, 5.41) is 13.2. The minimum absolute atomic E-state index is 0.614. The molecule has 0 spiro atoms. The normalized spacial score (nSPS) is 16.7. The molecule has 0 aromatic heterocycles. The van der Waals surface area contributed by atoms with Crippen LogP contribution in [0.3, 0.4) is 0 Å². The SMILES string of the molecule is CC(C)(O)Cc1ccc2c(c1)CCCNC2. The van der Waals surface area contributed by atoms with Crippen molar-refractivity contribution in [1.82, 2.24) is 5.32 Å². The van der Waals surface area contributed by atoms with Gasteiger partial charge in [0, 0.05) is 13.0 Å². The van der Waals surface area contributed by atoms with Crippen LogP contribution < -0.4 is 5.32 Å². The molecule has 2 nitrogen and oxygen atoms in total. The Bertz CT molecular complexity index is 365. The molecule has 0 saturated heterocycles. The lowest BCUT2D eigenvalue weighted by molar-refractivity contribution is 0.0810. The van der Waals surface area contributed by atoms with Crippen LogP contribution >= 0.6 is 0 Å². The van der Waals surface area contributed by atoms with Crippen LogP contribution in [0, 0.1) is 0 Å². The van der Waals surface area contributed by atoms with E-state index in [-0.39, 0.29) is 0 Å². The van der Waals surface area contributed by atoms with Crippen molar-refractivity contribution < 1.29 is 5.11 Å². The summed E-state index contributed by atoms with van der Waals surface area (Å²) in [7, 11) is 0. The second-order valence-corrected chi connectivity index (χ2v) is 5.37. The lowest BCUT2D eigenvalue weighted by Gasteiger charge is -2.18. The Morgan fingerprint density at radius 2 is 2.12 bits per heavy atom. The van der Waals surface area contributed by atoms with Gasteiger partial charge in [0.05, 0.1) is 5.60 Å². The molecule has 1 aromatic carbocycles. The highest BCUT2D eigenvalue weighted by molar-refractivity contribution is 5.33. The van der Waals surface area contributed by atoms with E-state index in [4.69, 9.17) is 0 Å². The van der Waals surface area contributed by atoms with Crippen LogP contribution in [0.15, 0.2) is 18.2 Å². The quantitative estimate of drug-likeness (QED) is 0.797. The molecule has 2 heteroatoms. The van der Waals surface area contributed by atoms with Crippen LogP contribution in [0.1, 0.15) is 37.0 Å². The Morgan fingerprint density at radius 1 is 1.31 bits per heavy atom. The fourth-order valence-electron chi connectivity index (χ4n) is 2.32. The highest BCUT2D eigenvalue weighted by Gasteiger charge is 2.15. The topological polar surface area (TPSA) is 32.3 Å². The van der Waals surface area contributed by atoms with Crippen LogP contribution in [0.4, 0.5) is 0 Å². The molecule has 0 atom stereocenters. The molecular weight excluding hydrogens is 198 g/mol. The third kappa shape index (κ3) is 3.06. The van der Waals surface area contributed by atoms with Crippen molar-refractivity contribution in [2.24, 2.45) is 0 Å². The lowest BCUT2D eigenvalue weighted by Crippen LogP contribution is -2.22. The molecule has 0 saturated carbocycles. The monoisotopic (exact) mass is 219 g/mol. The fraction of sp³-hybridized carbons (Fsp3) is 0.571. The maximum absolute atomic E-state index is 9.82. The first-order valence-electron chi connectivity index (χ1n) is 6.08. The zero-order chi connectivity index (χ0) is 11.6. The molecule has 2 N–H and O–H groups in total. The molecule has 16 heavy (non-hydrogen) atoms. The molecule has 0 aliphatic carbocycles. The smallest absolute Gasteiger partial charge is 0.0631 e. The summed E-state index contributed by atoms with van der Waals surface area (Å²) in [6, 6.07) is 6.61. The van der Waals surface area contributed by atoms with Gasteiger partial charge >= 0.3 is 0 Å². The van der Waals surface area contributed by atoms with Gasteiger partial charge in [0.15, 0.2) is 0 Å². The van der Waals surface area contributed by atoms with E-state index in [1.807, 2.05) is 13.8 Å². The van der Waals surface area contributed by atoms with Gasteiger partial charge in [-0.3, -0.25) is 0 Å². The van der Waals surface area contributed by atoms with Crippen LogP contribution in [0.2, 0.25) is 0 Å². The van der Waals surface area contributed by atoms with Gasteiger partial charge < -0.3 is 10.4 Å². The summed E-state index contributed by atoms with van der Waals surface area (Å²) < 4.78 is 0. The molecule has 0 unspecified atom stereocenters. The zero-order valence-corrected chi connectivity index (χ0v) is 10.2. The van der Waals surface area contributed by atoms with Gasteiger partial charge in [0.25, 0.3) is 0 Å². The number of benzene rings is 1. The molecule has 1 aliphatic heterocycles. The van der Waals surface area contributed by atoms with Crippen molar-refractivity contribution in [2.75, 3.05) is 6.54 Å². The maximum Gasteiger partial charge on any atom is 0.0631 e. The van der Waals surface area contributed by atoms with E-state index in [0.717, 1.165) is 25.9 Å². The van der Waals surface area contributed by atoms with Gasteiger partial charge in [-0.15, -0.1) is 0 Å². The predicted molar refractivity (Wildman–Crippen MR) is 66.5 cm³/mol. The molecule has 0 fully saturated rings. The van der Waals surface area contributed by atoms with Gasteiger partial charge in [0.2, 0.25) is 0 Å². The van der Waals surface area contributed by atoms with Crippen LogP contribution in [0.25, 0.3) is 0 Å². The van der Waals surface area contributed by atoms with Crippen molar-refractivity contribution in [3.05, 3.63) is 34.9 Å². The first-order chi connectivity index (χ1) is 7.54. The number of aryl methyl sites for hydroxylation is 1. The molecule has 88 valence electrons. The summed E-state index contributed by atoms with van der Waals surface area (Å²) in [4.78, 5) is 0. The van der Waals surface area contributed by atoms with Crippen LogP contribution in [0.5, 0.6) is 0 Å². The third-order valence-corrected chi connectivity index (χ3v) is 3.02. The average Bonchev–Trinajstić information content (AvgIpc) is 2.39. The number of aliphatic hydroxyl groups is 1. The number of hydrogen-bond acceptors (Lipinski definition) is 2. The van der Waals surface area contributed by atoms with Crippen molar-refractivity contribution in [2.45, 2.75) is 45.3 Å². The van der Waals surface area contributed by atoms with Gasteiger partial charge in [-0.2, -0.15) is 0 Å². The Morgan fingerprint density at radius 3 is 2.88 bits per heavy atom. The first-order valence-corrected chi connectivity index (χ1v) is 6.08. The van der Waals surface area contributed by atoms with E-state index in [9.17, 15) is 5.11 Å². The highest BCUT2D eigenvalue weighted by atomic mass is 16.3. The lowest BCUT2D eigenvalue weighted by atomic mass is 9.94. The van der Waals surface area contributed by atoms with E-state index < -0.39 is 5.60 Å². The molecule has 0 radical (unpaired) electrons. The second-order valence-electron chi connectivity index (χ2n) is 5.37. The van der Waals surface area contributed by atoms with E-state index in [1.54, 1.807) is 0 Å². The summed E-state index contributed by atoms with van der Waals surface area (Å²) in [6.07, 6.45) is 3.09. The highest BCUT2D eigenvalue weighted by Crippen LogP contribution is 2.19. The van der Waals surface area contributed by atoms with Gasteiger partial charge in [-0.05, 0) is 49.9 Å². The largest absolute Gasteiger partial charge is 0.390 e. The van der Waals surface area contributed by atoms with Crippen molar-refractivity contribution in [3.63, 3.8) is 0 Å². The Hall–Kier alpha value is -0.860. The first kappa shape index (κ1) is 11.6. The maximum atomic E-state index is 9.82. The number of hydrogen-bond donors (Lipinski definition) is 2. The van der Waals surface area contributed by atoms with Gasteiger partial charge in [-0.1, -0.05) is 18.2 Å².